The second-order valence-corrected chi connectivity index (χ2v) is 4.16. The molecule has 1 aromatic heterocycles. The summed E-state index contributed by atoms with van der Waals surface area (Å²) in [6.07, 6.45) is 2.89. The van der Waals surface area contributed by atoms with E-state index in [2.05, 4.69) is 10.3 Å². The Balaban J connectivity index is 2.06. The summed E-state index contributed by atoms with van der Waals surface area (Å²) in [6.45, 7) is 0. The molecular weight excluding hydrogens is 234 g/mol. The van der Waals surface area contributed by atoms with Gasteiger partial charge in [-0.2, -0.15) is 0 Å². The topological polar surface area (TPSA) is 88.0 Å². The fraction of sp³-hybridized carbons (Fsp3) is 0.444. The Labute approximate surface area is 96.1 Å². The first-order chi connectivity index (χ1) is 7.56. The summed E-state index contributed by atoms with van der Waals surface area (Å²) in [4.78, 5) is 24.1. The van der Waals surface area contributed by atoms with Crippen molar-refractivity contribution in [2.45, 2.75) is 18.4 Å². The number of halogens is 1. The van der Waals surface area contributed by atoms with Crippen LogP contribution in [0.15, 0.2) is 12.3 Å². The van der Waals surface area contributed by atoms with Crippen LogP contribution in [0.3, 0.4) is 0 Å². The molecule has 6 nitrogen and oxygen atoms in total. The Hall–Kier alpha value is -1.56. The van der Waals surface area contributed by atoms with Gasteiger partial charge in [0.15, 0.2) is 0 Å². The highest BCUT2D eigenvalue weighted by molar-refractivity contribution is 6.19. The maximum atomic E-state index is 11.7. The van der Waals surface area contributed by atoms with Crippen molar-refractivity contribution in [1.29, 1.82) is 0 Å². The van der Waals surface area contributed by atoms with Crippen molar-refractivity contribution in [2.24, 2.45) is 0 Å². The van der Waals surface area contributed by atoms with Crippen LogP contribution in [0.1, 0.15) is 23.3 Å². The van der Waals surface area contributed by atoms with E-state index in [1.807, 2.05) is 0 Å². The molecule has 0 aliphatic heterocycles. The van der Waals surface area contributed by atoms with Crippen LogP contribution in [-0.4, -0.2) is 27.2 Å². The standard InChI is InChI=1S/C9H10ClN3O3/c10-5-9(1-2-9)12-8(14)7-3-6(4-11-7)13(15)16/h3-4,11H,1-2,5H2,(H,12,14). The lowest BCUT2D eigenvalue weighted by molar-refractivity contribution is -0.384. The molecule has 1 heterocycles. The second-order valence-electron chi connectivity index (χ2n) is 3.90. The number of aromatic amines is 1. The second kappa shape index (κ2) is 3.79. The number of alkyl halides is 1. The zero-order valence-electron chi connectivity index (χ0n) is 8.33. The number of nitro groups is 1. The Morgan fingerprint density at radius 1 is 1.69 bits per heavy atom. The van der Waals surface area contributed by atoms with Crippen LogP contribution in [0.5, 0.6) is 0 Å². The van der Waals surface area contributed by atoms with Gasteiger partial charge in [0.1, 0.15) is 5.69 Å². The van der Waals surface area contributed by atoms with Gasteiger partial charge in [0.25, 0.3) is 11.6 Å². The van der Waals surface area contributed by atoms with Gasteiger partial charge in [-0.25, -0.2) is 0 Å². The average Bonchev–Trinajstić information content (AvgIpc) is 2.83. The minimum atomic E-state index is -0.554. The molecule has 0 spiro atoms. The molecule has 1 amide bonds. The van der Waals surface area contributed by atoms with Crippen molar-refractivity contribution in [3.8, 4) is 0 Å². The van der Waals surface area contributed by atoms with Crippen LogP contribution in [0, 0.1) is 10.1 Å². The third kappa shape index (κ3) is 2.01. The van der Waals surface area contributed by atoms with E-state index >= 15 is 0 Å². The van der Waals surface area contributed by atoms with E-state index < -0.39 is 4.92 Å². The molecule has 2 N–H and O–H groups in total. The van der Waals surface area contributed by atoms with Crippen molar-refractivity contribution < 1.29 is 9.72 Å². The molecule has 1 saturated carbocycles. The molecule has 0 unspecified atom stereocenters. The molecule has 0 bridgehead atoms. The summed E-state index contributed by atoms with van der Waals surface area (Å²) >= 11 is 5.71. The normalized spacial score (nSPS) is 16.8. The zero-order chi connectivity index (χ0) is 11.8. The van der Waals surface area contributed by atoms with Crippen molar-refractivity contribution in [1.82, 2.24) is 10.3 Å². The predicted octanol–water partition coefficient (Wildman–Crippen LogP) is 1.42. The quantitative estimate of drug-likeness (QED) is 0.476. The highest BCUT2D eigenvalue weighted by Crippen LogP contribution is 2.36. The molecule has 0 saturated heterocycles. The maximum absolute atomic E-state index is 11.7. The summed E-state index contributed by atoms with van der Waals surface area (Å²) < 4.78 is 0. The number of nitrogens with one attached hydrogen (secondary N) is 2. The number of H-pyrrole nitrogens is 1. The van der Waals surface area contributed by atoms with Crippen LogP contribution in [0.4, 0.5) is 5.69 Å². The summed E-state index contributed by atoms with van der Waals surface area (Å²) in [5.41, 5.74) is -0.248. The van der Waals surface area contributed by atoms with Crippen LogP contribution >= 0.6 is 11.6 Å². The van der Waals surface area contributed by atoms with E-state index in [0.717, 1.165) is 12.8 Å². The molecule has 16 heavy (non-hydrogen) atoms. The van der Waals surface area contributed by atoms with Gasteiger partial charge in [0, 0.05) is 11.9 Å². The lowest BCUT2D eigenvalue weighted by atomic mass is 10.3. The lowest BCUT2D eigenvalue weighted by Crippen LogP contribution is -2.38. The zero-order valence-corrected chi connectivity index (χ0v) is 9.08. The average molecular weight is 244 g/mol. The third-order valence-corrected chi connectivity index (χ3v) is 3.12. The first kappa shape index (κ1) is 10.9. The number of nitrogens with zero attached hydrogens (tertiary/aromatic N) is 1. The van der Waals surface area contributed by atoms with Gasteiger partial charge in [-0.3, -0.25) is 14.9 Å². The number of carbonyl (C=O) groups excluding carboxylic acids is 1. The fourth-order valence-corrected chi connectivity index (χ4v) is 1.70. The number of hydrogen-bond donors (Lipinski definition) is 2. The smallest absolute Gasteiger partial charge is 0.287 e. The molecule has 0 radical (unpaired) electrons. The van der Waals surface area contributed by atoms with Crippen molar-refractivity contribution in [3.05, 3.63) is 28.1 Å². The van der Waals surface area contributed by atoms with Crippen molar-refractivity contribution >= 4 is 23.2 Å². The molecule has 86 valence electrons. The van der Waals surface area contributed by atoms with Gasteiger partial charge < -0.3 is 10.3 Å². The molecule has 2 rings (SSSR count). The molecule has 1 aromatic rings. The van der Waals surface area contributed by atoms with E-state index in [4.69, 9.17) is 11.6 Å². The summed E-state index contributed by atoms with van der Waals surface area (Å²) in [7, 11) is 0. The number of hydrogen-bond acceptors (Lipinski definition) is 3. The first-order valence-electron chi connectivity index (χ1n) is 4.78. The molecule has 0 aromatic carbocycles. The molecule has 1 aliphatic rings. The SMILES string of the molecule is O=C(NC1(CCl)CC1)c1cc([N+](=O)[O-])c[nH]1. The number of amides is 1. The van der Waals surface area contributed by atoms with E-state index in [9.17, 15) is 14.9 Å². The van der Waals surface area contributed by atoms with Crippen molar-refractivity contribution in [2.75, 3.05) is 5.88 Å². The highest BCUT2D eigenvalue weighted by atomic mass is 35.5. The predicted molar refractivity (Wildman–Crippen MR) is 57.6 cm³/mol. The Morgan fingerprint density at radius 2 is 2.38 bits per heavy atom. The molecule has 1 aliphatic carbocycles. The fourth-order valence-electron chi connectivity index (χ4n) is 1.37. The van der Waals surface area contributed by atoms with Gasteiger partial charge in [-0.05, 0) is 12.8 Å². The first-order valence-corrected chi connectivity index (χ1v) is 5.31. The van der Waals surface area contributed by atoms with Crippen molar-refractivity contribution in [3.63, 3.8) is 0 Å². The molecular formula is C9H10ClN3O3. The van der Waals surface area contributed by atoms with E-state index in [0.29, 0.717) is 5.88 Å². The van der Waals surface area contributed by atoms with E-state index in [1.165, 1.54) is 12.3 Å². The number of rotatable bonds is 4. The highest BCUT2D eigenvalue weighted by Gasteiger charge is 2.43. The Morgan fingerprint density at radius 3 is 2.81 bits per heavy atom. The lowest BCUT2D eigenvalue weighted by Gasteiger charge is -2.12. The van der Waals surface area contributed by atoms with Crippen LogP contribution < -0.4 is 5.32 Å². The van der Waals surface area contributed by atoms with Gasteiger partial charge >= 0.3 is 0 Å². The largest absolute Gasteiger partial charge is 0.351 e. The van der Waals surface area contributed by atoms with E-state index in [-0.39, 0.29) is 22.8 Å². The minimum absolute atomic E-state index is 0.124. The van der Waals surface area contributed by atoms with E-state index in [1.54, 1.807) is 0 Å². The Kier molecular flexibility index (Phi) is 2.59. The van der Waals surface area contributed by atoms with Gasteiger partial charge in [0.05, 0.1) is 16.7 Å². The van der Waals surface area contributed by atoms with Crippen LogP contribution in [0.25, 0.3) is 0 Å². The summed E-state index contributed by atoms with van der Waals surface area (Å²) in [6, 6.07) is 1.21. The van der Waals surface area contributed by atoms with Crippen LogP contribution in [0.2, 0.25) is 0 Å². The maximum Gasteiger partial charge on any atom is 0.287 e. The molecule has 1 fully saturated rings. The third-order valence-electron chi connectivity index (χ3n) is 2.61. The summed E-state index contributed by atoms with van der Waals surface area (Å²) in [5, 5.41) is 13.2. The van der Waals surface area contributed by atoms with Gasteiger partial charge in [-0.15, -0.1) is 11.6 Å². The Bertz CT molecular complexity index is 439. The monoisotopic (exact) mass is 243 g/mol. The van der Waals surface area contributed by atoms with Gasteiger partial charge in [0.2, 0.25) is 0 Å². The molecule has 7 heteroatoms. The number of aromatic nitrogens is 1. The van der Waals surface area contributed by atoms with Gasteiger partial charge in [-0.1, -0.05) is 0 Å². The summed E-state index contributed by atoms with van der Waals surface area (Å²) in [5.74, 6) is 0.00732. The minimum Gasteiger partial charge on any atom is -0.351 e. The molecule has 0 atom stereocenters. The van der Waals surface area contributed by atoms with Crippen LogP contribution in [-0.2, 0) is 0 Å². The number of carbonyl (C=O) groups is 1.